The Morgan fingerprint density at radius 3 is 2.58 bits per heavy atom. The van der Waals surface area contributed by atoms with Gasteiger partial charge in [0, 0.05) is 11.6 Å². The number of aromatic nitrogens is 1. The largest absolute Gasteiger partial charge is 0.490 e. The van der Waals surface area contributed by atoms with E-state index >= 15 is 0 Å². The van der Waals surface area contributed by atoms with E-state index in [0.29, 0.717) is 34.7 Å². The summed E-state index contributed by atoms with van der Waals surface area (Å²) in [6.45, 7) is 4.73. The van der Waals surface area contributed by atoms with E-state index in [1.165, 1.54) is 17.4 Å². The molecule has 3 rings (SSSR count). The smallest absolute Gasteiger partial charge is 0.268 e. The van der Waals surface area contributed by atoms with Crippen molar-refractivity contribution in [3.63, 3.8) is 0 Å². The first kappa shape index (κ1) is 22.3. The third-order valence-corrected chi connectivity index (χ3v) is 5.07. The second-order valence-electron chi connectivity index (χ2n) is 6.67. The van der Waals surface area contributed by atoms with Crippen LogP contribution in [0.5, 0.6) is 11.5 Å². The van der Waals surface area contributed by atoms with Crippen LogP contribution >= 0.6 is 22.9 Å². The van der Waals surface area contributed by atoms with E-state index in [-0.39, 0.29) is 5.57 Å². The van der Waals surface area contributed by atoms with Crippen molar-refractivity contribution < 1.29 is 14.3 Å². The van der Waals surface area contributed by atoms with Gasteiger partial charge in [-0.2, -0.15) is 5.26 Å². The number of hydrogen-bond donors (Lipinski definition) is 1. The number of rotatable bonds is 8. The maximum absolute atomic E-state index is 12.2. The first-order valence-electron chi connectivity index (χ1n) is 9.40. The number of carbonyl (C=O) groups is 1. The van der Waals surface area contributed by atoms with Crippen molar-refractivity contribution in [2.24, 2.45) is 0 Å². The molecule has 0 radical (unpaired) electrons. The first-order valence-corrected chi connectivity index (χ1v) is 10.7. The Morgan fingerprint density at radius 2 is 1.94 bits per heavy atom. The predicted octanol–water partition coefficient (Wildman–Crippen LogP) is 5.42. The summed E-state index contributed by atoms with van der Waals surface area (Å²) < 4.78 is 11.4. The lowest BCUT2D eigenvalue weighted by Gasteiger charge is -2.11. The fourth-order valence-corrected chi connectivity index (χ4v) is 3.58. The molecule has 158 valence electrons. The monoisotopic (exact) mass is 453 g/mol. The standard InChI is InChI=1S/C23H20ClN3O3S/c1-15-9-16(2)11-19(10-15)29-6-7-30-21-4-3-17(13-20(21)24)12-18(14-25)22(28)27-23-26-5-8-31-23/h3-5,8-13H,6-7H2,1-2H3,(H,26,27,28)/b18-12-. The van der Waals surface area contributed by atoms with Crippen LogP contribution in [0.15, 0.2) is 53.5 Å². The average molecular weight is 454 g/mol. The minimum Gasteiger partial charge on any atom is -0.490 e. The Bertz CT molecular complexity index is 1120. The number of anilines is 1. The Balaban J connectivity index is 1.58. The third-order valence-electron chi connectivity index (χ3n) is 4.09. The second kappa shape index (κ2) is 10.6. The van der Waals surface area contributed by atoms with Crippen molar-refractivity contribution in [1.82, 2.24) is 4.98 Å². The van der Waals surface area contributed by atoms with Gasteiger partial charge in [0.2, 0.25) is 0 Å². The molecule has 1 aromatic heterocycles. The molecular formula is C23H20ClN3O3S. The number of halogens is 1. The van der Waals surface area contributed by atoms with Crippen LogP contribution in [0.25, 0.3) is 6.08 Å². The maximum Gasteiger partial charge on any atom is 0.268 e. The fourth-order valence-electron chi connectivity index (χ4n) is 2.82. The number of nitrogens with one attached hydrogen (secondary N) is 1. The normalized spacial score (nSPS) is 11.0. The molecular weight excluding hydrogens is 434 g/mol. The number of amides is 1. The van der Waals surface area contributed by atoms with Crippen molar-refractivity contribution in [1.29, 1.82) is 5.26 Å². The van der Waals surface area contributed by atoms with E-state index in [9.17, 15) is 10.1 Å². The Kier molecular flexibility index (Phi) is 7.65. The highest BCUT2D eigenvalue weighted by Gasteiger charge is 2.11. The average Bonchev–Trinajstić information content (AvgIpc) is 3.23. The molecule has 0 aliphatic heterocycles. The van der Waals surface area contributed by atoms with Crippen molar-refractivity contribution in [2.45, 2.75) is 13.8 Å². The minimum atomic E-state index is -0.530. The molecule has 8 heteroatoms. The molecule has 0 saturated heterocycles. The molecule has 6 nitrogen and oxygen atoms in total. The topological polar surface area (TPSA) is 84.2 Å². The highest BCUT2D eigenvalue weighted by molar-refractivity contribution is 7.13. The van der Waals surface area contributed by atoms with Gasteiger partial charge in [0.05, 0.1) is 5.02 Å². The van der Waals surface area contributed by atoms with E-state index in [0.717, 1.165) is 16.9 Å². The van der Waals surface area contributed by atoms with Crippen LogP contribution in [0.1, 0.15) is 16.7 Å². The number of aryl methyl sites for hydroxylation is 2. The van der Waals surface area contributed by atoms with Crippen LogP contribution in [0.2, 0.25) is 5.02 Å². The van der Waals surface area contributed by atoms with E-state index in [1.54, 1.807) is 29.8 Å². The van der Waals surface area contributed by atoms with Gasteiger partial charge in [0.1, 0.15) is 36.4 Å². The predicted molar refractivity (Wildman–Crippen MR) is 123 cm³/mol. The Morgan fingerprint density at radius 1 is 1.19 bits per heavy atom. The zero-order chi connectivity index (χ0) is 22.2. The Labute approximate surface area is 189 Å². The second-order valence-corrected chi connectivity index (χ2v) is 7.97. The van der Waals surface area contributed by atoms with Gasteiger partial charge in [-0.3, -0.25) is 10.1 Å². The first-order chi connectivity index (χ1) is 14.9. The van der Waals surface area contributed by atoms with Crippen LogP contribution < -0.4 is 14.8 Å². The summed E-state index contributed by atoms with van der Waals surface area (Å²) in [6, 6.07) is 13.0. The molecule has 0 fully saturated rings. The van der Waals surface area contributed by atoms with Gasteiger partial charge in [-0.05, 0) is 60.9 Å². The molecule has 31 heavy (non-hydrogen) atoms. The van der Waals surface area contributed by atoms with Gasteiger partial charge in [-0.15, -0.1) is 11.3 Å². The lowest BCUT2D eigenvalue weighted by atomic mass is 10.1. The molecule has 0 saturated carbocycles. The van der Waals surface area contributed by atoms with Crippen LogP contribution in [0.4, 0.5) is 5.13 Å². The maximum atomic E-state index is 12.2. The molecule has 0 atom stereocenters. The summed E-state index contributed by atoms with van der Waals surface area (Å²) >= 11 is 7.57. The fraction of sp³-hybridized carbons (Fsp3) is 0.174. The van der Waals surface area contributed by atoms with Gasteiger partial charge in [-0.1, -0.05) is 23.7 Å². The SMILES string of the molecule is Cc1cc(C)cc(OCCOc2ccc(/C=C(/C#N)C(=O)Nc3nccs3)cc2Cl)c1. The zero-order valence-electron chi connectivity index (χ0n) is 17.0. The van der Waals surface area contributed by atoms with Gasteiger partial charge in [-0.25, -0.2) is 4.98 Å². The van der Waals surface area contributed by atoms with Crippen molar-refractivity contribution in [3.05, 3.63) is 75.3 Å². The molecule has 0 aliphatic carbocycles. The molecule has 0 aliphatic rings. The summed E-state index contributed by atoms with van der Waals surface area (Å²) in [5.74, 6) is 0.763. The van der Waals surface area contributed by atoms with Crippen molar-refractivity contribution in [2.75, 3.05) is 18.5 Å². The number of nitrogens with zero attached hydrogens (tertiary/aromatic N) is 2. The molecule has 1 heterocycles. The number of nitriles is 1. The molecule has 0 spiro atoms. The van der Waals surface area contributed by atoms with Crippen LogP contribution in [0.3, 0.4) is 0 Å². The summed E-state index contributed by atoms with van der Waals surface area (Å²) in [5, 5.41) is 14.4. The number of thiazole rings is 1. The number of benzene rings is 2. The van der Waals surface area contributed by atoms with Crippen LogP contribution in [-0.2, 0) is 4.79 Å². The van der Waals surface area contributed by atoms with Crippen molar-refractivity contribution >= 4 is 40.1 Å². The van der Waals surface area contributed by atoms with Crippen LogP contribution in [-0.4, -0.2) is 24.1 Å². The van der Waals surface area contributed by atoms with E-state index in [4.69, 9.17) is 21.1 Å². The molecule has 0 bridgehead atoms. The summed E-state index contributed by atoms with van der Waals surface area (Å²) in [5.41, 5.74) is 2.83. The zero-order valence-corrected chi connectivity index (χ0v) is 18.6. The van der Waals surface area contributed by atoms with Crippen LogP contribution in [0, 0.1) is 25.2 Å². The highest BCUT2D eigenvalue weighted by Crippen LogP contribution is 2.27. The van der Waals surface area contributed by atoms with E-state index in [1.807, 2.05) is 32.0 Å². The summed E-state index contributed by atoms with van der Waals surface area (Å²) in [6.07, 6.45) is 3.03. The third kappa shape index (κ3) is 6.57. The Hall–Kier alpha value is -3.34. The van der Waals surface area contributed by atoms with Crippen molar-refractivity contribution in [3.8, 4) is 17.6 Å². The van der Waals surface area contributed by atoms with Gasteiger partial charge >= 0.3 is 0 Å². The van der Waals surface area contributed by atoms with E-state index in [2.05, 4.69) is 16.4 Å². The van der Waals surface area contributed by atoms with E-state index < -0.39 is 5.91 Å². The van der Waals surface area contributed by atoms with Gasteiger partial charge in [0.25, 0.3) is 5.91 Å². The minimum absolute atomic E-state index is 0.0539. The highest BCUT2D eigenvalue weighted by atomic mass is 35.5. The summed E-state index contributed by atoms with van der Waals surface area (Å²) in [7, 11) is 0. The molecule has 3 aromatic rings. The van der Waals surface area contributed by atoms with Gasteiger partial charge in [0.15, 0.2) is 5.13 Å². The number of carbonyl (C=O) groups excluding carboxylic acids is 1. The molecule has 1 N–H and O–H groups in total. The number of hydrogen-bond acceptors (Lipinski definition) is 6. The lowest BCUT2D eigenvalue weighted by Crippen LogP contribution is -2.13. The number of ether oxygens (including phenoxy) is 2. The molecule has 1 amide bonds. The lowest BCUT2D eigenvalue weighted by molar-refractivity contribution is -0.112. The summed E-state index contributed by atoms with van der Waals surface area (Å²) in [4.78, 5) is 16.2. The molecule has 0 unspecified atom stereocenters. The van der Waals surface area contributed by atoms with Gasteiger partial charge < -0.3 is 9.47 Å². The quantitative estimate of drug-likeness (QED) is 0.280. The molecule has 2 aromatic carbocycles.